The maximum Gasteiger partial charge on any atom is 0.416 e. The van der Waals surface area contributed by atoms with Gasteiger partial charge in [0.2, 0.25) is 0 Å². The van der Waals surface area contributed by atoms with Crippen LogP contribution >= 0.6 is 0 Å². The van der Waals surface area contributed by atoms with Gasteiger partial charge in [0.1, 0.15) is 11.5 Å². The minimum absolute atomic E-state index is 0.00917. The number of hydrogen-bond acceptors (Lipinski definition) is 3. The molecule has 1 amide bonds. The number of aryl methyl sites for hydroxylation is 2. The zero-order valence-corrected chi connectivity index (χ0v) is 18.6. The number of Topliss-reactive ketones (excluding diaryl/α,β-unsaturated/α-hetero) is 1. The van der Waals surface area contributed by atoms with Crippen molar-refractivity contribution in [1.29, 1.82) is 0 Å². The number of alkyl halides is 3. The molecular formula is C25H22F3N3O3. The summed E-state index contributed by atoms with van der Waals surface area (Å²) >= 11 is 0. The van der Waals surface area contributed by atoms with E-state index in [0.717, 1.165) is 30.8 Å². The first-order valence-corrected chi connectivity index (χ1v) is 10.9. The summed E-state index contributed by atoms with van der Waals surface area (Å²) in [7, 11) is 1.76. The van der Waals surface area contributed by atoms with Crippen molar-refractivity contribution in [2.45, 2.75) is 32.6 Å². The first-order chi connectivity index (χ1) is 16.1. The summed E-state index contributed by atoms with van der Waals surface area (Å²) in [5, 5.41) is 0. The summed E-state index contributed by atoms with van der Waals surface area (Å²) in [4.78, 5) is 26.8. The van der Waals surface area contributed by atoms with Crippen molar-refractivity contribution >= 4 is 22.8 Å². The second-order valence-electron chi connectivity index (χ2n) is 8.57. The Morgan fingerprint density at radius 2 is 1.76 bits per heavy atom. The lowest BCUT2D eigenvalue weighted by Crippen LogP contribution is -2.32. The molecule has 0 bridgehead atoms. The number of aromatic nitrogens is 2. The molecule has 0 atom stereocenters. The summed E-state index contributed by atoms with van der Waals surface area (Å²) in [6.45, 7) is 3.24. The van der Waals surface area contributed by atoms with Crippen molar-refractivity contribution in [2.24, 2.45) is 7.05 Å². The summed E-state index contributed by atoms with van der Waals surface area (Å²) in [5.74, 6) is 0.270. The van der Waals surface area contributed by atoms with Gasteiger partial charge in [0.15, 0.2) is 11.4 Å². The molecule has 1 aliphatic heterocycles. The number of carbonyl (C=O) groups is 2. The van der Waals surface area contributed by atoms with Gasteiger partial charge in [-0.3, -0.25) is 9.59 Å². The first kappa shape index (κ1) is 22.1. The molecular weight excluding hydrogens is 447 g/mol. The lowest BCUT2D eigenvalue weighted by molar-refractivity contribution is -0.137. The minimum atomic E-state index is -4.40. The van der Waals surface area contributed by atoms with Gasteiger partial charge >= 0.3 is 6.18 Å². The Kier molecular flexibility index (Phi) is 5.15. The molecule has 3 aromatic heterocycles. The van der Waals surface area contributed by atoms with Crippen LogP contribution in [-0.2, 0) is 26.3 Å². The molecule has 0 N–H and O–H groups in total. The van der Waals surface area contributed by atoms with E-state index in [1.807, 2.05) is 16.8 Å². The summed E-state index contributed by atoms with van der Waals surface area (Å²) in [5.41, 5.74) is 2.97. The quantitative estimate of drug-likeness (QED) is 0.372. The van der Waals surface area contributed by atoms with Crippen molar-refractivity contribution in [2.75, 3.05) is 6.54 Å². The molecule has 176 valence electrons. The van der Waals surface area contributed by atoms with E-state index in [1.54, 1.807) is 28.6 Å². The highest BCUT2D eigenvalue weighted by molar-refractivity contribution is 5.98. The Labute approximate surface area is 193 Å². The smallest absolute Gasteiger partial charge is 0.416 e. The highest BCUT2D eigenvalue weighted by Crippen LogP contribution is 2.34. The Morgan fingerprint density at radius 1 is 1.03 bits per heavy atom. The second kappa shape index (κ2) is 7.93. The maximum atomic E-state index is 13.4. The van der Waals surface area contributed by atoms with E-state index in [4.69, 9.17) is 4.42 Å². The average molecular weight is 469 g/mol. The number of furan rings is 1. The van der Waals surface area contributed by atoms with E-state index in [9.17, 15) is 22.8 Å². The van der Waals surface area contributed by atoms with Crippen LogP contribution in [0.4, 0.5) is 13.2 Å². The van der Waals surface area contributed by atoms with Crippen LogP contribution in [0.3, 0.4) is 0 Å². The van der Waals surface area contributed by atoms with Gasteiger partial charge in [0, 0.05) is 55.3 Å². The zero-order valence-electron chi connectivity index (χ0n) is 18.6. The van der Waals surface area contributed by atoms with Gasteiger partial charge in [0.25, 0.3) is 5.91 Å². The van der Waals surface area contributed by atoms with E-state index >= 15 is 0 Å². The average Bonchev–Trinajstić information content (AvgIpc) is 3.43. The largest absolute Gasteiger partial charge is 0.454 e. The van der Waals surface area contributed by atoms with Gasteiger partial charge in [-0.05, 0) is 31.5 Å². The molecule has 0 radical (unpaired) electrons. The van der Waals surface area contributed by atoms with Crippen molar-refractivity contribution < 1.29 is 27.2 Å². The Balaban J connectivity index is 1.41. The molecule has 0 spiro atoms. The molecule has 4 heterocycles. The molecule has 0 aliphatic carbocycles. The van der Waals surface area contributed by atoms with E-state index in [0.29, 0.717) is 46.8 Å². The van der Waals surface area contributed by atoms with Crippen molar-refractivity contribution in [1.82, 2.24) is 14.0 Å². The molecule has 0 saturated carbocycles. The monoisotopic (exact) mass is 469 g/mol. The molecule has 0 saturated heterocycles. The van der Waals surface area contributed by atoms with Crippen LogP contribution in [0.1, 0.15) is 45.4 Å². The summed E-state index contributed by atoms with van der Waals surface area (Å²) in [6, 6.07) is 10.00. The summed E-state index contributed by atoms with van der Waals surface area (Å²) in [6.07, 6.45) is -1.79. The second-order valence-corrected chi connectivity index (χ2v) is 8.57. The predicted octanol–water partition coefficient (Wildman–Crippen LogP) is 5.51. The highest BCUT2D eigenvalue weighted by Gasteiger charge is 2.30. The minimum Gasteiger partial charge on any atom is -0.454 e. The Bertz CT molecular complexity index is 1410. The maximum absolute atomic E-state index is 13.4. The molecule has 6 nitrogen and oxygen atoms in total. The molecule has 0 unspecified atom stereocenters. The van der Waals surface area contributed by atoms with Crippen LogP contribution in [0.5, 0.6) is 0 Å². The van der Waals surface area contributed by atoms with Crippen LogP contribution in [-0.4, -0.2) is 32.3 Å². The number of carbonyl (C=O) groups excluding carboxylic acids is 2. The fraction of sp³-hybridized carbons (Fsp3) is 0.280. The van der Waals surface area contributed by atoms with Gasteiger partial charge < -0.3 is 18.5 Å². The van der Waals surface area contributed by atoms with Crippen LogP contribution in [0.2, 0.25) is 0 Å². The fourth-order valence-electron chi connectivity index (χ4n) is 4.41. The lowest BCUT2D eigenvalue weighted by Gasteiger charge is -2.20. The third kappa shape index (κ3) is 3.81. The van der Waals surface area contributed by atoms with Crippen molar-refractivity contribution in [3.8, 4) is 11.3 Å². The lowest BCUT2D eigenvalue weighted by atomic mass is 10.1. The van der Waals surface area contributed by atoms with Gasteiger partial charge in [0.05, 0.1) is 17.6 Å². The number of benzene rings is 1. The van der Waals surface area contributed by atoms with Crippen molar-refractivity contribution in [3.63, 3.8) is 0 Å². The molecule has 1 aliphatic rings. The summed E-state index contributed by atoms with van der Waals surface area (Å²) < 4.78 is 48.1. The predicted molar refractivity (Wildman–Crippen MR) is 119 cm³/mol. The van der Waals surface area contributed by atoms with E-state index in [1.165, 1.54) is 19.1 Å². The molecule has 34 heavy (non-hydrogen) atoms. The fourth-order valence-corrected chi connectivity index (χ4v) is 4.41. The molecule has 0 fully saturated rings. The van der Waals surface area contributed by atoms with Crippen LogP contribution in [0.25, 0.3) is 22.4 Å². The molecule has 4 aromatic rings. The zero-order chi connectivity index (χ0) is 24.2. The SMILES string of the molecule is CC(=O)c1cc2n(c1)CCCN(C(=O)c1cc3oc(-c4ccc(C(F)(F)F)cc4)cc3n1C)C2. The van der Waals surface area contributed by atoms with Gasteiger partial charge in [-0.1, -0.05) is 12.1 Å². The Hall–Kier alpha value is -3.75. The van der Waals surface area contributed by atoms with E-state index < -0.39 is 11.7 Å². The molecule has 1 aromatic carbocycles. The number of fused-ring (bicyclic) bond motifs is 2. The van der Waals surface area contributed by atoms with Gasteiger partial charge in [-0.25, -0.2) is 0 Å². The molecule has 9 heteroatoms. The van der Waals surface area contributed by atoms with Crippen LogP contribution < -0.4 is 0 Å². The van der Waals surface area contributed by atoms with Crippen molar-refractivity contribution in [3.05, 3.63) is 71.2 Å². The van der Waals surface area contributed by atoms with Crippen LogP contribution in [0.15, 0.2) is 53.1 Å². The normalized spacial score (nSPS) is 14.3. The van der Waals surface area contributed by atoms with E-state index in [-0.39, 0.29) is 11.7 Å². The first-order valence-electron chi connectivity index (χ1n) is 10.9. The third-order valence-corrected chi connectivity index (χ3v) is 6.31. The number of rotatable bonds is 3. The molecule has 5 rings (SSSR count). The number of amides is 1. The number of ketones is 1. The number of nitrogens with zero attached hydrogens (tertiary/aromatic N) is 3. The Morgan fingerprint density at radius 3 is 2.41 bits per heavy atom. The number of hydrogen-bond donors (Lipinski definition) is 0. The van der Waals surface area contributed by atoms with E-state index in [2.05, 4.69) is 0 Å². The third-order valence-electron chi connectivity index (χ3n) is 6.31. The van der Waals surface area contributed by atoms with Gasteiger partial charge in [-0.15, -0.1) is 0 Å². The topological polar surface area (TPSA) is 60.4 Å². The number of halogens is 3. The standard InChI is InChI=1S/C25H22F3N3O3/c1-15(32)17-10-19-14-31(9-3-8-30(19)13-17)24(33)21-12-23-20(29(21)2)11-22(34-23)16-4-6-18(7-5-16)25(26,27)28/h4-7,10-13H,3,8-9,14H2,1-2H3. The van der Waals surface area contributed by atoms with Gasteiger partial charge in [-0.2, -0.15) is 13.2 Å². The van der Waals surface area contributed by atoms with Crippen LogP contribution in [0, 0.1) is 0 Å². The highest BCUT2D eigenvalue weighted by atomic mass is 19.4.